The van der Waals surface area contributed by atoms with Crippen molar-refractivity contribution in [3.8, 4) is 0 Å². The van der Waals surface area contributed by atoms with Crippen molar-refractivity contribution in [1.82, 2.24) is 4.31 Å². The van der Waals surface area contributed by atoms with Gasteiger partial charge in [0.15, 0.2) is 0 Å². The maximum atomic E-state index is 12.5. The van der Waals surface area contributed by atoms with Gasteiger partial charge in [0.25, 0.3) is 0 Å². The van der Waals surface area contributed by atoms with E-state index in [0.29, 0.717) is 17.9 Å². The Balaban J connectivity index is 2.48. The monoisotopic (exact) mass is 269 g/mol. The van der Waals surface area contributed by atoms with Gasteiger partial charge in [-0.2, -0.15) is 4.31 Å². The zero-order valence-electron chi connectivity index (χ0n) is 11.0. The summed E-state index contributed by atoms with van der Waals surface area (Å²) in [6.07, 6.45) is -0.0192. The summed E-state index contributed by atoms with van der Waals surface area (Å²) in [6, 6.07) is 3.76. The standard InChI is InChI=1S/C13H19NO3S/c1-9-6-10(2)13(11(3)7-9)18(16,17)14-5-4-12(15)8-14/h6-7,12,15H,4-5,8H2,1-3H3/t12-/m0/s1. The highest BCUT2D eigenvalue weighted by Gasteiger charge is 2.33. The molecule has 1 aliphatic rings. The van der Waals surface area contributed by atoms with Gasteiger partial charge in [-0.3, -0.25) is 0 Å². The van der Waals surface area contributed by atoms with E-state index in [1.54, 1.807) is 0 Å². The van der Waals surface area contributed by atoms with E-state index in [2.05, 4.69) is 0 Å². The van der Waals surface area contributed by atoms with Gasteiger partial charge in [-0.1, -0.05) is 17.7 Å². The Hall–Kier alpha value is -0.910. The van der Waals surface area contributed by atoms with Crippen molar-refractivity contribution in [3.05, 3.63) is 28.8 Å². The number of hydrogen-bond acceptors (Lipinski definition) is 3. The van der Waals surface area contributed by atoms with Crippen molar-refractivity contribution in [2.75, 3.05) is 13.1 Å². The van der Waals surface area contributed by atoms with Gasteiger partial charge in [0.05, 0.1) is 11.0 Å². The highest BCUT2D eigenvalue weighted by Crippen LogP contribution is 2.27. The molecule has 4 nitrogen and oxygen atoms in total. The highest BCUT2D eigenvalue weighted by molar-refractivity contribution is 7.89. The second-order valence-electron chi connectivity index (χ2n) is 5.03. The molecule has 18 heavy (non-hydrogen) atoms. The molecule has 100 valence electrons. The van der Waals surface area contributed by atoms with Crippen molar-refractivity contribution in [2.45, 2.75) is 38.2 Å². The molecule has 1 aromatic rings. The number of aryl methyl sites for hydroxylation is 3. The van der Waals surface area contributed by atoms with Gasteiger partial charge in [-0.25, -0.2) is 8.42 Å². The van der Waals surface area contributed by atoms with E-state index in [1.165, 1.54) is 4.31 Å². The van der Waals surface area contributed by atoms with Crippen molar-refractivity contribution < 1.29 is 13.5 Å². The summed E-state index contributed by atoms with van der Waals surface area (Å²) >= 11 is 0. The molecule has 1 heterocycles. The summed E-state index contributed by atoms with van der Waals surface area (Å²) in [5.74, 6) is 0. The van der Waals surface area contributed by atoms with Crippen LogP contribution in [-0.2, 0) is 10.0 Å². The highest BCUT2D eigenvalue weighted by atomic mass is 32.2. The molecule has 0 saturated carbocycles. The molecule has 5 heteroatoms. The van der Waals surface area contributed by atoms with Crippen LogP contribution in [-0.4, -0.2) is 37.0 Å². The Morgan fingerprint density at radius 1 is 1.22 bits per heavy atom. The second kappa shape index (κ2) is 4.64. The Morgan fingerprint density at radius 2 is 1.78 bits per heavy atom. The molecule has 0 unspecified atom stereocenters. The molecule has 1 aromatic carbocycles. The summed E-state index contributed by atoms with van der Waals surface area (Å²) in [5, 5.41) is 9.49. The molecule has 0 bridgehead atoms. The molecule has 1 N–H and O–H groups in total. The molecule has 0 aromatic heterocycles. The van der Waals surface area contributed by atoms with Crippen LogP contribution < -0.4 is 0 Å². The van der Waals surface area contributed by atoms with E-state index < -0.39 is 16.1 Å². The predicted molar refractivity (Wildman–Crippen MR) is 70.0 cm³/mol. The average molecular weight is 269 g/mol. The molecule has 1 aliphatic heterocycles. The smallest absolute Gasteiger partial charge is 0.243 e. The van der Waals surface area contributed by atoms with E-state index in [1.807, 2.05) is 32.9 Å². The Bertz CT molecular complexity index is 543. The molecular formula is C13H19NO3S. The van der Waals surface area contributed by atoms with Crippen LogP contribution in [0, 0.1) is 20.8 Å². The van der Waals surface area contributed by atoms with Gasteiger partial charge in [0.1, 0.15) is 0 Å². The van der Waals surface area contributed by atoms with Crippen LogP contribution >= 0.6 is 0 Å². The quantitative estimate of drug-likeness (QED) is 0.882. The van der Waals surface area contributed by atoms with Crippen LogP contribution in [0.2, 0.25) is 0 Å². The number of aliphatic hydroxyl groups is 1. The maximum Gasteiger partial charge on any atom is 0.243 e. The first-order chi connectivity index (χ1) is 8.32. The second-order valence-corrected chi connectivity index (χ2v) is 6.91. The molecule has 2 rings (SSSR count). The van der Waals surface area contributed by atoms with Crippen LogP contribution in [0.25, 0.3) is 0 Å². The number of aliphatic hydroxyl groups excluding tert-OH is 1. The third-order valence-electron chi connectivity index (χ3n) is 3.33. The first-order valence-corrected chi connectivity index (χ1v) is 7.52. The van der Waals surface area contributed by atoms with Gasteiger partial charge in [0, 0.05) is 13.1 Å². The number of β-amino-alcohol motifs (C(OH)–C–C–N with tert-alkyl or cyclic N) is 1. The van der Waals surface area contributed by atoms with E-state index in [-0.39, 0.29) is 6.54 Å². The third kappa shape index (κ3) is 2.30. The molecule has 0 aliphatic carbocycles. The lowest BCUT2D eigenvalue weighted by atomic mass is 10.1. The van der Waals surface area contributed by atoms with Gasteiger partial charge in [-0.15, -0.1) is 0 Å². The zero-order chi connectivity index (χ0) is 13.5. The minimum absolute atomic E-state index is 0.203. The number of benzene rings is 1. The van der Waals surface area contributed by atoms with Gasteiger partial charge in [-0.05, 0) is 38.3 Å². The van der Waals surface area contributed by atoms with Gasteiger partial charge >= 0.3 is 0 Å². The summed E-state index contributed by atoms with van der Waals surface area (Å²) in [6.45, 7) is 6.19. The van der Waals surface area contributed by atoms with Crippen LogP contribution in [0.15, 0.2) is 17.0 Å². The summed E-state index contributed by atoms with van der Waals surface area (Å²) in [4.78, 5) is 0.391. The molecule has 1 atom stereocenters. The van der Waals surface area contributed by atoms with Gasteiger partial charge < -0.3 is 5.11 Å². The topological polar surface area (TPSA) is 57.6 Å². The SMILES string of the molecule is Cc1cc(C)c(S(=O)(=O)N2CC[C@H](O)C2)c(C)c1. The lowest BCUT2D eigenvalue weighted by molar-refractivity contribution is 0.189. The fourth-order valence-corrected chi connectivity index (χ4v) is 4.54. The molecule has 0 spiro atoms. The molecule has 1 saturated heterocycles. The normalized spacial score (nSPS) is 21.4. The number of hydrogen-bond donors (Lipinski definition) is 1. The minimum Gasteiger partial charge on any atom is -0.392 e. The van der Waals surface area contributed by atoms with Crippen molar-refractivity contribution in [3.63, 3.8) is 0 Å². The van der Waals surface area contributed by atoms with E-state index >= 15 is 0 Å². The molecule has 0 radical (unpaired) electrons. The van der Waals surface area contributed by atoms with Crippen LogP contribution in [0.3, 0.4) is 0 Å². The molecule has 0 amide bonds. The van der Waals surface area contributed by atoms with Crippen molar-refractivity contribution in [2.24, 2.45) is 0 Å². The first kappa shape index (κ1) is 13.5. The fourth-order valence-electron chi connectivity index (χ4n) is 2.63. The summed E-state index contributed by atoms with van der Waals surface area (Å²) < 4.78 is 26.5. The fraction of sp³-hybridized carbons (Fsp3) is 0.538. The predicted octanol–water partition coefficient (Wildman–Crippen LogP) is 1.37. The Labute approximate surface area is 108 Å². The Kier molecular flexibility index (Phi) is 3.49. The third-order valence-corrected chi connectivity index (χ3v) is 5.50. The minimum atomic E-state index is -3.48. The van der Waals surface area contributed by atoms with Gasteiger partial charge in [0.2, 0.25) is 10.0 Å². The Morgan fingerprint density at radius 3 is 2.22 bits per heavy atom. The zero-order valence-corrected chi connectivity index (χ0v) is 11.8. The lowest BCUT2D eigenvalue weighted by Gasteiger charge is -2.19. The largest absolute Gasteiger partial charge is 0.392 e. The van der Waals surface area contributed by atoms with Crippen molar-refractivity contribution >= 4 is 10.0 Å². The van der Waals surface area contributed by atoms with E-state index in [0.717, 1.165) is 16.7 Å². The average Bonchev–Trinajstić information content (AvgIpc) is 2.63. The summed E-state index contributed by atoms with van der Waals surface area (Å²) in [7, 11) is -3.48. The lowest BCUT2D eigenvalue weighted by Crippen LogP contribution is -2.30. The van der Waals surface area contributed by atoms with Crippen molar-refractivity contribution in [1.29, 1.82) is 0 Å². The number of rotatable bonds is 2. The van der Waals surface area contributed by atoms with Crippen LogP contribution in [0.5, 0.6) is 0 Å². The van der Waals surface area contributed by atoms with E-state index in [9.17, 15) is 13.5 Å². The van der Waals surface area contributed by atoms with Crippen LogP contribution in [0.4, 0.5) is 0 Å². The molecular weight excluding hydrogens is 250 g/mol. The number of nitrogens with zero attached hydrogens (tertiary/aromatic N) is 1. The maximum absolute atomic E-state index is 12.5. The molecule has 1 fully saturated rings. The number of sulfonamides is 1. The summed E-state index contributed by atoms with van der Waals surface area (Å²) in [5.41, 5.74) is 2.60. The first-order valence-electron chi connectivity index (χ1n) is 6.08. The van der Waals surface area contributed by atoms with Crippen LogP contribution in [0.1, 0.15) is 23.1 Å². The van der Waals surface area contributed by atoms with E-state index in [4.69, 9.17) is 0 Å².